The van der Waals surface area contributed by atoms with Gasteiger partial charge in [0, 0.05) is 27.9 Å². The maximum atomic E-state index is 11.8. The van der Waals surface area contributed by atoms with E-state index in [1.807, 2.05) is 48.6 Å². The van der Waals surface area contributed by atoms with E-state index in [2.05, 4.69) is 12.2 Å². The van der Waals surface area contributed by atoms with E-state index in [0.29, 0.717) is 5.92 Å². The first kappa shape index (κ1) is 13.9. The van der Waals surface area contributed by atoms with E-state index < -0.39 is 0 Å². The molecule has 0 saturated carbocycles. The molecular weight excluding hydrogens is 393 g/mol. The first-order valence-electron chi connectivity index (χ1n) is 5.47. The first-order valence-corrected chi connectivity index (χ1v) is 5.47. The molecule has 0 heterocycles. The van der Waals surface area contributed by atoms with Crippen molar-refractivity contribution in [1.29, 1.82) is 0 Å². The zero-order valence-corrected chi connectivity index (χ0v) is 11.5. The topological polar surface area (TPSA) is 17.1 Å². The average Bonchev–Trinajstić information content (AvgIpc) is 2.38. The standard InChI is InChI=1S/C15H14O.Au/c16-15(14-9-5-2-6-10-14)12-11-13-7-3-1-4-8-13;/h1-7,9-13H,8H2;. The van der Waals surface area contributed by atoms with E-state index in [1.54, 1.807) is 6.08 Å². The summed E-state index contributed by atoms with van der Waals surface area (Å²) in [5.41, 5.74) is 0.745. The quantitative estimate of drug-likeness (QED) is 0.426. The third kappa shape index (κ3) is 4.31. The number of rotatable bonds is 3. The van der Waals surface area contributed by atoms with E-state index in [1.165, 1.54) is 0 Å². The van der Waals surface area contributed by atoms with E-state index in [4.69, 9.17) is 0 Å². The molecule has 1 aliphatic rings. The third-order valence-electron chi connectivity index (χ3n) is 2.57. The van der Waals surface area contributed by atoms with Crippen LogP contribution in [0.4, 0.5) is 0 Å². The van der Waals surface area contributed by atoms with Gasteiger partial charge in [0.05, 0.1) is 0 Å². The van der Waals surface area contributed by atoms with Gasteiger partial charge >= 0.3 is 0 Å². The van der Waals surface area contributed by atoms with Crippen LogP contribution in [0.2, 0.25) is 0 Å². The number of hydrogen-bond acceptors (Lipinski definition) is 1. The molecule has 0 fully saturated rings. The van der Waals surface area contributed by atoms with Gasteiger partial charge in [0.15, 0.2) is 5.78 Å². The predicted molar refractivity (Wildman–Crippen MR) is 66.3 cm³/mol. The monoisotopic (exact) mass is 407 g/mol. The average molecular weight is 407 g/mol. The Balaban J connectivity index is 0.00000144. The first-order chi connectivity index (χ1) is 7.86. The second kappa shape index (κ2) is 7.23. The molecule has 2 rings (SSSR count). The molecule has 0 N–H and O–H groups in total. The summed E-state index contributed by atoms with van der Waals surface area (Å²) < 4.78 is 0. The molecule has 1 atom stereocenters. The molecule has 0 bridgehead atoms. The van der Waals surface area contributed by atoms with Crippen molar-refractivity contribution >= 4 is 5.78 Å². The van der Waals surface area contributed by atoms with E-state index in [9.17, 15) is 4.79 Å². The van der Waals surface area contributed by atoms with Crippen molar-refractivity contribution in [1.82, 2.24) is 0 Å². The summed E-state index contributed by atoms with van der Waals surface area (Å²) in [6.07, 6.45) is 12.9. The second-order valence-corrected chi connectivity index (χ2v) is 3.80. The van der Waals surface area contributed by atoms with Crippen LogP contribution in [0, 0.1) is 5.92 Å². The van der Waals surface area contributed by atoms with Gasteiger partial charge in [-0.05, 0) is 18.4 Å². The minimum absolute atomic E-state index is 0. The Labute approximate surface area is 117 Å². The van der Waals surface area contributed by atoms with Crippen molar-refractivity contribution in [2.24, 2.45) is 5.92 Å². The van der Waals surface area contributed by atoms with Gasteiger partial charge in [-0.15, -0.1) is 0 Å². The second-order valence-electron chi connectivity index (χ2n) is 3.80. The number of benzene rings is 1. The van der Waals surface area contributed by atoms with Crippen LogP contribution in [-0.4, -0.2) is 5.78 Å². The molecule has 1 unspecified atom stereocenters. The van der Waals surface area contributed by atoms with E-state index in [0.717, 1.165) is 12.0 Å². The summed E-state index contributed by atoms with van der Waals surface area (Å²) in [6.45, 7) is 0. The summed E-state index contributed by atoms with van der Waals surface area (Å²) in [4.78, 5) is 11.8. The fraction of sp³-hybridized carbons (Fsp3) is 0.133. The number of allylic oxidation sites excluding steroid dienone is 6. The Morgan fingerprint density at radius 1 is 1.18 bits per heavy atom. The molecule has 1 nitrogen and oxygen atoms in total. The molecule has 0 amide bonds. The summed E-state index contributed by atoms with van der Waals surface area (Å²) in [6, 6.07) is 9.34. The van der Waals surface area contributed by atoms with Crippen molar-refractivity contribution in [2.45, 2.75) is 6.42 Å². The Kier molecular flexibility index (Phi) is 5.92. The molecule has 1 aromatic carbocycles. The van der Waals surface area contributed by atoms with Crippen LogP contribution in [0.15, 0.2) is 66.8 Å². The number of carbonyl (C=O) groups excluding carboxylic acids is 1. The molecule has 0 aliphatic heterocycles. The minimum Gasteiger partial charge on any atom is -0.289 e. The Hall–Kier alpha value is -1.15. The molecule has 1 radical (unpaired) electrons. The Bertz CT molecular complexity index is 443. The van der Waals surface area contributed by atoms with Crippen LogP contribution in [-0.2, 0) is 22.4 Å². The van der Waals surface area contributed by atoms with Crippen molar-refractivity contribution in [2.75, 3.05) is 0 Å². The summed E-state index contributed by atoms with van der Waals surface area (Å²) >= 11 is 0. The molecule has 0 aromatic heterocycles. The van der Waals surface area contributed by atoms with E-state index >= 15 is 0 Å². The van der Waals surface area contributed by atoms with Crippen LogP contribution < -0.4 is 0 Å². The van der Waals surface area contributed by atoms with Crippen LogP contribution >= 0.6 is 0 Å². The summed E-state index contributed by atoms with van der Waals surface area (Å²) in [5.74, 6) is 0.432. The number of hydrogen-bond donors (Lipinski definition) is 0. The minimum atomic E-state index is 0. The van der Waals surface area contributed by atoms with Crippen molar-refractivity contribution in [3.63, 3.8) is 0 Å². The van der Waals surface area contributed by atoms with Gasteiger partial charge in [-0.25, -0.2) is 0 Å². The van der Waals surface area contributed by atoms with Gasteiger partial charge in [0.1, 0.15) is 0 Å². The molecule has 0 saturated heterocycles. The summed E-state index contributed by atoms with van der Waals surface area (Å²) in [5, 5.41) is 0. The van der Waals surface area contributed by atoms with Crippen LogP contribution in [0.5, 0.6) is 0 Å². The fourth-order valence-electron chi connectivity index (χ4n) is 1.65. The molecule has 17 heavy (non-hydrogen) atoms. The normalized spacial score (nSPS) is 18.0. The van der Waals surface area contributed by atoms with Crippen LogP contribution in [0.3, 0.4) is 0 Å². The van der Waals surface area contributed by atoms with Gasteiger partial charge in [0.2, 0.25) is 0 Å². The smallest absolute Gasteiger partial charge is 0.185 e. The van der Waals surface area contributed by atoms with Gasteiger partial charge in [0.25, 0.3) is 0 Å². The molecule has 1 aliphatic carbocycles. The van der Waals surface area contributed by atoms with Crippen LogP contribution in [0.25, 0.3) is 0 Å². The SMILES string of the molecule is O=C(C=CC1C=CC=CC1)c1ccccc1.[Au]. The predicted octanol–water partition coefficient (Wildman–Crippen LogP) is 3.56. The van der Waals surface area contributed by atoms with Gasteiger partial charge in [-0.1, -0.05) is 60.7 Å². The van der Waals surface area contributed by atoms with Crippen molar-refractivity contribution in [3.05, 3.63) is 72.4 Å². The summed E-state index contributed by atoms with van der Waals surface area (Å²) in [7, 11) is 0. The maximum absolute atomic E-state index is 11.8. The molecular formula is C15H14AuO. The zero-order valence-electron chi connectivity index (χ0n) is 9.35. The molecule has 91 valence electrons. The van der Waals surface area contributed by atoms with Gasteiger partial charge in [-0.2, -0.15) is 0 Å². The Morgan fingerprint density at radius 3 is 2.59 bits per heavy atom. The zero-order chi connectivity index (χ0) is 11.2. The molecule has 2 heteroatoms. The van der Waals surface area contributed by atoms with Crippen molar-refractivity contribution in [3.8, 4) is 0 Å². The molecule has 1 aromatic rings. The van der Waals surface area contributed by atoms with Crippen molar-refractivity contribution < 1.29 is 27.2 Å². The van der Waals surface area contributed by atoms with Gasteiger partial charge in [-0.3, -0.25) is 4.79 Å². The number of carbonyl (C=O) groups is 1. The number of ketones is 1. The van der Waals surface area contributed by atoms with E-state index in [-0.39, 0.29) is 28.2 Å². The Morgan fingerprint density at radius 2 is 1.94 bits per heavy atom. The van der Waals surface area contributed by atoms with Crippen LogP contribution in [0.1, 0.15) is 16.8 Å². The third-order valence-corrected chi connectivity index (χ3v) is 2.57. The van der Waals surface area contributed by atoms with Gasteiger partial charge < -0.3 is 0 Å². The molecule has 0 spiro atoms. The largest absolute Gasteiger partial charge is 0.289 e. The maximum Gasteiger partial charge on any atom is 0.185 e. The fourth-order valence-corrected chi connectivity index (χ4v) is 1.65.